The van der Waals surface area contributed by atoms with Gasteiger partial charge in [-0.05, 0) is 76.2 Å². The first-order valence-corrected chi connectivity index (χ1v) is 10.6. The van der Waals surface area contributed by atoms with Crippen LogP contribution in [0.15, 0.2) is 29.2 Å². The summed E-state index contributed by atoms with van der Waals surface area (Å²) in [4.78, 5) is 2.32. The fourth-order valence-electron chi connectivity index (χ4n) is 2.81. The van der Waals surface area contributed by atoms with Crippen LogP contribution >= 0.6 is 11.6 Å². The monoisotopic (exact) mass is 410 g/mol. The lowest BCUT2D eigenvalue weighted by molar-refractivity contribution is 0.261. The van der Waals surface area contributed by atoms with Crippen molar-refractivity contribution in [2.75, 3.05) is 32.0 Å². The van der Waals surface area contributed by atoms with Crippen molar-refractivity contribution in [3.05, 3.63) is 51.5 Å². The number of benzene rings is 2. The third kappa shape index (κ3) is 5.15. The van der Waals surface area contributed by atoms with E-state index in [9.17, 15) is 8.42 Å². The first-order valence-electron chi connectivity index (χ1n) is 8.70. The lowest BCUT2D eigenvalue weighted by Crippen LogP contribution is -2.19. The number of aryl methyl sites for hydroxylation is 2. The second-order valence-corrected chi connectivity index (χ2v) is 9.02. The molecule has 7 heteroatoms. The highest BCUT2D eigenvalue weighted by Gasteiger charge is 2.22. The number of ether oxygens (including phenoxy) is 1. The standard InChI is InChI=1S/C20H27ClN2O3S/c1-13-11-14(2)16(4)20(15(13)3)27(24,25)22-17-7-8-18(21)19(12-17)26-10-9-23(5)6/h7-8,11-12,22H,9-10H2,1-6H3. The molecule has 0 radical (unpaired) electrons. The minimum absolute atomic E-state index is 0.324. The number of anilines is 1. The first kappa shape index (κ1) is 21.5. The summed E-state index contributed by atoms with van der Waals surface area (Å²) in [5.74, 6) is 0.451. The van der Waals surface area contributed by atoms with E-state index in [0.29, 0.717) is 28.0 Å². The maximum Gasteiger partial charge on any atom is 0.262 e. The van der Waals surface area contributed by atoms with Crippen molar-refractivity contribution in [1.82, 2.24) is 4.90 Å². The third-order valence-electron chi connectivity index (χ3n) is 4.55. The van der Waals surface area contributed by atoms with E-state index in [2.05, 4.69) is 4.72 Å². The number of hydrogen-bond acceptors (Lipinski definition) is 4. The van der Waals surface area contributed by atoms with Crippen LogP contribution in [0.2, 0.25) is 5.02 Å². The molecule has 0 aliphatic rings. The zero-order chi connectivity index (χ0) is 20.4. The average molecular weight is 411 g/mol. The molecule has 0 aliphatic heterocycles. The molecule has 0 spiro atoms. The molecule has 0 bridgehead atoms. The van der Waals surface area contributed by atoms with Crippen LogP contribution in [0, 0.1) is 27.7 Å². The molecule has 0 heterocycles. The minimum atomic E-state index is -3.74. The summed E-state index contributed by atoms with van der Waals surface area (Å²) in [6.07, 6.45) is 0. The van der Waals surface area contributed by atoms with Gasteiger partial charge in [-0.1, -0.05) is 17.7 Å². The summed E-state index contributed by atoms with van der Waals surface area (Å²) in [5.41, 5.74) is 3.81. The predicted molar refractivity (Wildman–Crippen MR) is 112 cm³/mol. The molecular formula is C20H27ClN2O3S. The normalized spacial score (nSPS) is 11.7. The highest BCUT2D eigenvalue weighted by Crippen LogP contribution is 2.31. The van der Waals surface area contributed by atoms with Gasteiger partial charge in [0, 0.05) is 12.6 Å². The van der Waals surface area contributed by atoms with E-state index in [-0.39, 0.29) is 0 Å². The molecule has 2 rings (SSSR count). The van der Waals surface area contributed by atoms with E-state index in [1.807, 2.05) is 52.8 Å². The SMILES string of the molecule is Cc1cc(C)c(C)c(S(=O)(=O)Nc2ccc(Cl)c(OCCN(C)C)c2)c1C. The van der Waals surface area contributed by atoms with Gasteiger partial charge in [-0.15, -0.1) is 0 Å². The quantitative estimate of drug-likeness (QED) is 0.738. The van der Waals surface area contributed by atoms with Crippen LogP contribution in [0.5, 0.6) is 5.75 Å². The zero-order valence-corrected chi connectivity index (χ0v) is 18.3. The van der Waals surface area contributed by atoms with Crippen molar-refractivity contribution < 1.29 is 13.2 Å². The molecule has 5 nitrogen and oxygen atoms in total. The van der Waals surface area contributed by atoms with Crippen LogP contribution in [0.4, 0.5) is 5.69 Å². The first-order chi connectivity index (χ1) is 12.5. The average Bonchev–Trinajstić information content (AvgIpc) is 2.55. The Labute approximate surface area is 167 Å². The van der Waals surface area contributed by atoms with Crippen molar-refractivity contribution in [3.63, 3.8) is 0 Å². The second kappa shape index (κ2) is 8.50. The Bertz CT molecular complexity index is 914. The number of halogens is 1. The molecule has 0 aromatic heterocycles. The maximum absolute atomic E-state index is 13.1. The van der Waals surface area contributed by atoms with Gasteiger partial charge < -0.3 is 9.64 Å². The summed E-state index contributed by atoms with van der Waals surface area (Å²) in [5, 5.41) is 0.440. The summed E-state index contributed by atoms with van der Waals surface area (Å²) in [7, 11) is 0.157. The second-order valence-electron chi connectivity index (χ2n) is 6.99. The number of nitrogens with zero attached hydrogens (tertiary/aromatic N) is 1. The summed E-state index contributed by atoms with van der Waals surface area (Å²) in [6, 6.07) is 6.88. The van der Waals surface area contributed by atoms with Gasteiger partial charge in [0.1, 0.15) is 12.4 Å². The van der Waals surface area contributed by atoms with E-state index >= 15 is 0 Å². The topological polar surface area (TPSA) is 58.6 Å². The molecule has 0 fully saturated rings. The number of likely N-dealkylation sites (N-methyl/N-ethyl adjacent to an activating group) is 1. The van der Waals surface area contributed by atoms with Crippen molar-refractivity contribution in [2.24, 2.45) is 0 Å². The Hall–Kier alpha value is -1.76. The predicted octanol–water partition coefficient (Wildman–Crippen LogP) is 4.31. The molecule has 27 heavy (non-hydrogen) atoms. The number of sulfonamides is 1. The Morgan fingerprint density at radius 3 is 2.19 bits per heavy atom. The van der Waals surface area contributed by atoms with Crippen molar-refractivity contribution in [2.45, 2.75) is 32.6 Å². The molecule has 2 aromatic rings. The fraction of sp³-hybridized carbons (Fsp3) is 0.400. The van der Waals surface area contributed by atoms with E-state index in [0.717, 1.165) is 28.8 Å². The lowest BCUT2D eigenvalue weighted by Gasteiger charge is -2.17. The highest BCUT2D eigenvalue weighted by atomic mass is 35.5. The fourth-order valence-corrected chi connectivity index (χ4v) is 4.65. The van der Waals surface area contributed by atoms with Crippen LogP contribution < -0.4 is 9.46 Å². The van der Waals surface area contributed by atoms with E-state index in [4.69, 9.17) is 16.3 Å². The van der Waals surface area contributed by atoms with Gasteiger partial charge in [-0.25, -0.2) is 8.42 Å². The maximum atomic E-state index is 13.1. The van der Waals surface area contributed by atoms with Gasteiger partial charge in [0.05, 0.1) is 15.6 Å². The smallest absolute Gasteiger partial charge is 0.262 e. The third-order valence-corrected chi connectivity index (χ3v) is 6.51. The molecule has 0 amide bonds. The minimum Gasteiger partial charge on any atom is -0.491 e. The number of hydrogen-bond donors (Lipinski definition) is 1. The van der Waals surface area contributed by atoms with Gasteiger partial charge >= 0.3 is 0 Å². The van der Waals surface area contributed by atoms with Gasteiger partial charge in [0.25, 0.3) is 10.0 Å². The summed E-state index contributed by atoms with van der Waals surface area (Å²) >= 11 is 6.18. The van der Waals surface area contributed by atoms with E-state index in [1.54, 1.807) is 18.2 Å². The van der Waals surface area contributed by atoms with Crippen LogP contribution in [0.25, 0.3) is 0 Å². The summed E-state index contributed by atoms with van der Waals surface area (Å²) < 4.78 is 34.5. The zero-order valence-electron chi connectivity index (χ0n) is 16.7. The van der Waals surface area contributed by atoms with Crippen molar-refractivity contribution in [1.29, 1.82) is 0 Å². The molecular weight excluding hydrogens is 384 g/mol. The summed E-state index contributed by atoms with van der Waals surface area (Å²) in [6.45, 7) is 8.67. The lowest BCUT2D eigenvalue weighted by atomic mass is 10.0. The van der Waals surface area contributed by atoms with Crippen molar-refractivity contribution in [3.8, 4) is 5.75 Å². The number of rotatable bonds is 7. The van der Waals surface area contributed by atoms with Crippen LogP contribution in [-0.2, 0) is 10.0 Å². The molecule has 0 aliphatic carbocycles. The van der Waals surface area contributed by atoms with Crippen LogP contribution in [-0.4, -0.2) is 40.6 Å². The van der Waals surface area contributed by atoms with Gasteiger partial charge in [-0.2, -0.15) is 0 Å². The van der Waals surface area contributed by atoms with E-state index in [1.165, 1.54) is 0 Å². The Morgan fingerprint density at radius 2 is 1.63 bits per heavy atom. The van der Waals surface area contributed by atoms with Crippen LogP contribution in [0.3, 0.4) is 0 Å². The van der Waals surface area contributed by atoms with Crippen LogP contribution in [0.1, 0.15) is 22.3 Å². The van der Waals surface area contributed by atoms with E-state index < -0.39 is 10.0 Å². The number of nitrogens with one attached hydrogen (secondary N) is 1. The molecule has 148 valence electrons. The van der Waals surface area contributed by atoms with Gasteiger partial charge in [0.2, 0.25) is 0 Å². The van der Waals surface area contributed by atoms with Crippen molar-refractivity contribution >= 4 is 27.3 Å². The molecule has 0 saturated heterocycles. The highest BCUT2D eigenvalue weighted by molar-refractivity contribution is 7.92. The molecule has 0 atom stereocenters. The molecule has 0 saturated carbocycles. The Morgan fingerprint density at radius 1 is 1.04 bits per heavy atom. The largest absolute Gasteiger partial charge is 0.491 e. The Kier molecular flexibility index (Phi) is 6.78. The van der Waals surface area contributed by atoms with Gasteiger partial charge in [0.15, 0.2) is 0 Å². The molecule has 2 aromatic carbocycles. The molecule has 0 unspecified atom stereocenters. The Balaban J connectivity index is 2.34. The van der Waals surface area contributed by atoms with Gasteiger partial charge in [-0.3, -0.25) is 4.72 Å². The molecule has 1 N–H and O–H groups in total.